The maximum atomic E-state index is 12.8. The highest BCUT2D eigenvalue weighted by atomic mass is 79.9. The number of aliphatic hydroxyl groups is 1. The van der Waals surface area contributed by atoms with Gasteiger partial charge in [0.2, 0.25) is 0 Å². The van der Waals surface area contributed by atoms with E-state index >= 15 is 0 Å². The van der Waals surface area contributed by atoms with Gasteiger partial charge in [-0.15, -0.1) is 6.58 Å². The molecule has 0 spiro atoms. The lowest BCUT2D eigenvalue weighted by atomic mass is 9.85. The van der Waals surface area contributed by atoms with Crippen molar-refractivity contribution in [1.29, 1.82) is 0 Å². The summed E-state index contributed by atoms with van der Waals surface area (Å²) < 4.78 is 13.6. The van der Waals surface area contributed by atoms with Crippen LogP contribution in [0.5, 0.6) is 0 Å². The Labute approximate surface area is 97.8 Å². The minimum Gasteiger partial charge on any atom is -0.395 e. The van der Waals surface area contributed by atoms with Gasteiger partial charge in [-0.05, 0) is 24.1 Å². The molecule has 1 unspecified atom stereocenters. The molecule has 1 aromatic carbocycles. The lowest BCUT2D eigenvalue weighted by molar-refractivity contribution is 0.184. The largest absolute Gasteiger partial charge is 0.395 e. The zero-order valence-corrected chi connectivity index (χ0v) is 10.2. The van der Waals surface area contributed by atoms with Gasteiger partial charge >= 0.3 is 0 Å². The van der Waals surface area contributed by atoms with E-state index in [0.717, 1.165) is 10.0 Å². The highest BCUT2D eigenvalue weighted by Gasteiger charge is 2.20. The fraction of sp³-hybridized carbons (Fsp3) is 0.333. The van der Waals surface area contributed by atoms with E-state index in [1.165, 1.54) is 12.1 Å². The van der Waals surface area contributed by atoms with Crippen molar-refractivity contribution in [3.05, 3.63) is 46.7 Å². The van der Waals surface area contributed by atoms with E-state index in [1.807, 2.05) is 6.92 Å². The molecule has 0 aliphatic heterocycles. The van der Waals surface area contributed by atoms with Gasteiger partial charge < -0.3 is 5.11 Å². The van der Waals surface area contributed by atoms with E-state index in [4.69, 9.17) is 0 Å². The summed E-state index contributed by atoms with van der Waals surface area (Å²) in [6.45, 7) is 5.64. The van der Waals surface area contributed by atoms with Crippen molar-refractivity contribution in [3.8, 4) is 0 Å². The Kier molecular flexibility index (Phi) is 4.05. The topological polar surface area (TPSA) is 20.2 Å². The quantitative estimate of drug-likeness (QED) is 0.834. The Bertz CT molecular complexity index is 365. The fourth-order valence-electron chi connectivity index (χ4n) is 1.29. The molecular formula is C12H14BrFO. The van der Waals surface area contributed by atoms with Crippen LogP contribution in [0.15, 0.2) is 35.3 Å². The summed E-state index contributed by atoms with van der Waals surface area (Å²) in [5.41, 5.74) is 0.605. The number of hydrogen-bond acceptors (Lipinski definition) is 1. The first kappa shape index (κ1) is 12.4. The number of benzene rings is 1. The third-order valence-electron chi connectivity index (χ3n) is 2.46. The van der Waals surface area contributed by atoms with Crippen molar-refractivity contribution in [2.45, 2.75) is 13.3 Å². The van der Waals surface area contributed by atoms with E-state index in [9.17, 15) is 9.50 Å². The number of rotatable bonds is 4. The van der Waals surface area contributed by atoms with Crippen molar-refractivity contribution in [2.75, 3.05) is 6.61 Å². The molecule has 82 valence electrons. The third kappa shape index (κ3) is 3.14. The van der Waals surface area contributed by atoms with Crippen LogP contribution in [0.25, 0.3) is 0 Å². The third-order valence-corrected chi connectivity index (χ3v) is 3.20. The molecule has 0 aromatic heterocycles. The van der Waals surface area contributed by atoms with E-state index in [2.05, 4.69) is 22.5 Å². The SMILES string of the molecule is C=CC(C)(CO)Cc1ccc(F)cc1Br. The van der Waals surface area contributed by atoms with Crippen LogP contribution in [-0.2, 0) is 6.42 Å². The van der Waals surface area contributed by atoms with Gasteiger partial charge in [0.25, 0.3) is 0 Å². The highest BCUT2D eigenvalue weighted by molar-refractivity contribution is 9.10. The average molecular weight is 273 g/mol. The summed E-state index contributed by atoms with van der Waals surface area (Å²) in [4.78, 5) is 0. The molecule has 1 aromatic rings. The van der Waals surface area contributed by atoms with Gasteiger partial charge in [0, 0.05) is 9.89 Å². The molecule has 0 amide bonds. The van der Waals surface area contributed by atoms with Gasteiger partial charge in [-0.3, -0.25) is 0 Å². The first-order chi connectivity index (χ1) is 7.00. The summed E-state index contributed by atoms with van der Waals surface area (Å²) in [7, 11) is 0. The number of aliphatic hydroxyl groups excluding tert-OH is 1. The molecule has 0 saturated heterocycles. The van der Waals surface area contributed by atoms with Crippen LogP contribution in [0.4, 0.5) is 4.39 Å². The molecule has 0 radical (unpaired) electrons. The molecule has 1 nitrogen and oxygen atoms in total. The monoisotopic (exact) mass is 272 g/mol. The molecule has 0 fully saturated rings. The van der Waals surface area contributed by atoms with Crippen molar-refractivity contribution >= 4 is 15.9 Å². The Balaban J connectivity index is 2.94. The van der Waals surface area contributed by atoms with Gasteiger partial charge in [0.05, 0.1) is 6.61 Å². The van der Waals surface area contributed by atoms with Crippen molar-refractivity contribution in [1.82, 2.24) is 0 Å². The molecule has 0 aliphatic rings. The lowest BCUT2D eigenvalue weighted by Crippen LogP contribution is -2.21. The van der Waals surface area contributed by atoms with Crippen molar-refractivity contribution in [2.24, 2.45) is 5.41 Å². The maximum Gasteiger partial charge on any atom is 0.124 e. The molecular weight excluding hydrogens is 259 g/mol. The number of hydrogen-bond donors (Lipinski definition) is 1. The summed E-state index contributed by atoms with van der Waals surface area (Å²) in [6.07, 6.45) is 2.36. The van der Waals surface area contributed by atoms with Crippen LogP contribution in [-0.4, -0.2) is 11.7 Å². The standard InChI is InChI=1S/C12H14BrFO/c1-3-12(2,8-15)7-9-4-5-10(14)6-11(9)13/h3-6,15H,1,7-8H2,2H3. The normalized spacial score (nSPS) is 14.7. The van der Waals surface area contributed by atoms with E-state index in [-0.39, 0.29) is 17.8 Å². The van der Waals surface area contributed by atoms with Crippen molar-refractivity contribution < 1.29 is 9.50 Å². The molecule has 1 atom stereocenters. The second-order valence-electron chi connectivity index (χ2n) is 3.93. The fourth-order valence-corrected chi connectivity index (χ4v) is 1.78. The molecule has 0 saturated carbocycles. The van der Waals surface area contributed by atoms with Gasteiger partial charge in [-0.1, -0.05) is 35.0 Å². The highest BCUT2D eigenvalue weighted by Crippen LogP contribution is 2.28. The minimum absolute atomic E-state index is 0.0281. The van der Waals surface area contributed by atoms with E-state index in [0.29, 0.717) is 6.42 Å². The molecule has 15 heavy (non-hydrogen) atoms. The van der Waals surface area contributed by atoms with Gasteiger partial charge in [0.1, 0.15) is 5.82 Å². The zero-order valence-electron chi connectivity index (χ0n) is 8.63. The second-order valence-corrected chi connectivity index (χ2v) is 4.78. The zero-order chi connectivity index (χ0) is 11.5. The van der Waals surface area contributed by atoms with E-state index in [1.54, 1.807) is 12.1 Å². The smallest absolute Gasteiger partial charge is 0.124 e. The summed E-state index contributed by atoms with van der Waals surface area (Å²) >= 11 is 3.30. The second kappa shape index (κ2) is 4.90. The van der Waals surface area contributed by atoms with Crippen LogP contribution in [0.3, 0.4) is 0 Å². The van der Waals surface area contributed by atoms with Crippen LogP contribution >= 0.6 is 15.9 Å². The average Bonchev–Trinajstić information content (AvgIpc) is 2.22. The molecule has 1 rings (SSSR count). The Morgan fingerprint density at radius 2 is 2.27 bits per heavy atom. The minimum atomic E-state index is -0.361. The summed E-state index contributed by atoms with van der Waals surface area (Å²) in [6, 6.07) is 4.56. The first-order valence-electron chi connectivity index (χ1n) is 4.69. The maximum absolute atomic E-state index is 12.8. The summed E-state index contributed by atoms with van der Waals surface area (Å²) in [5, 5.41) is 9.23. The predicted octanol–water partition coefficient (Wildman–Crippen LogP) is 3.32. The molecule has 0 aliphatic carbocycles. The van der Waals surface area contributed by atoms with E-state index < -0.39 is 0 Å². The summed E-state index contributed by atoms with van der Waals surface area (Å²) in [5.74, 6) is -0.269. The molecule has 3 heteroatoms. The predicted molar refractivity (Wildman–Crippen MR) is 63.2 cm³/mol. The molecule has 1 N–H and O–H groups in total. The van der Waals surface area contributed by atoms with Gasteiger partial charge in [0.15, 0.2) is 0 Å². The Morgan fingerprint density at radius 1 is 1.60 bits per heavy atom. The number of halogens is 2. The van der Waals surface area contributed by atoms with Crippen LogP contribution in [0.1, 0.15) is 12.5 Å². The molecule has 0 heterocycles. The van der Waals surface area contributed by atoms with Gasteiger partial charge in [-0.2, -0.15) is 0 Å². The van der Waals surface area contributed by atoms with Gasteiger partial charge in [-0.25, -0.2) is 4.39 Å². The lowest BCUT2D eigenvalue weighted by Gasteiger charge is -2.23. The van der Waals surface area contributed by atoms with Crippen LogP contribution in [0, 0.1) is 11.2 Å². The van der Waals surface area contributed by atoms with Crippen LogP contribution < -0.4 is 0 Å². The van der Waals surface area contributed by atoms with Crippen LogP contribution in [0.2, 0.25) is 0 Å². The van der Waals surface area contributed by atoms with Crippen molar-refractivity contribution in [3.63, 3.8) is 0 Å². The first-order valence-corrected chi connectivity index (χ1v) is 5.48. The Morgan fingerprint density at radius 3 is 2.73 bits per heavy atom. The molecule has 0 bridgehead atoms. The Hall–Kier alpha value is -0.670.